The topological polar surface area (TPSA) is 30.5 Å². The van der Waals surface area contributed by atoms with Gasteiger partial charge in [-0.2, -0.15) is 0 Å². The summed E-state index contributed by atoms with van der Waals surface area (Å²) in [4.78, 5) is 0. The first-order valence-corrected chi connectivity index (χ1v) is 7.18. The predicted molar refractivity (Wildman–Crippen MR) is 78.1 cm³/mol. The van der Waals surface area contributed by atoms with Crippen LogP contribution in [0.4, 0.5) is 0 Å². The fraction of sp³-hybridized carbons (Fsp3) is 0.571. The maximum atomic E-state index is 5.61. The first-order valence-electron chi connectivity index (χ1n) is 6.38. The molecule has 0 aliphatic heterocycles. The minimum atomic E-state index is 0.757. The van der Waals surface area contributed by atoms with Crippen LogP contribution in [0.1, 0.15) is 25.3 Å². The fourth-order valence-electron chi connectivity index (χ4n) is 1.56. The molecule has 1 aromatic rings. The largest absolute Gasteiger partial charge is 0.492 e. The Balaban J connectivity index is 2.36. The van der Waals surface area contributed by atoms with Gasteiger partial charge in [0, 0.05) is 20.3 Å². The Hall–Kier alpha value is -0.580. The van der Waals surface area contributed by atoms with Crippen molar-refractivity contribution in [2.45, 2.75) is 26.3 Å². The summed E-state index contributed by atoms with van der Waals surface area (Å²) < 4.78 is 11.6. The van der Waals surface area contributed by atoms with E-state index < -0.39 is 0 Å². The summed E-state index contributed by atoms with van der Waals surface area (Å²) >= 11 is 3.54. The van der Waals surface area contributed by atoms with Crippen LogP contribution in [-0.2, 0) is 11.3 Å². The Labute approximate surface area is 118 Å². The maximum absolute atomic E-state index is 5.61. The Morgan fingerprint density at radius 3 is 2.78 bits per heavy atom. The highest BCUT2D eigenvalue weighted by atomic mass is 79.9. The Bertz CT molecular complexity index is 345. The third kappa shape index (κ3) is 5.85. The van der Waals surface area contributed by atoms with Crippen molar-refractivity contribution in [1.29, 1.82) is 0 Å². The van der Waals surface area contributed by atoms with E-state index in [1.807, 2.05) is 6.07 Å². The van der Waals surface area contributed by atoms with Gasteiger partial charge in [-0.1, -0.05) is 13.0 Å². The number of nitrogens with one attached hydrogen (secondary N) is 1. The zero-order chi connectivity index (χ0) is 13.2. The maximum Gasteiger partial charge on any atom is 0.133 e. The summed E-state index contributed by atoms with van der Waals surface area (Å²) in [7, 11) is 1.73. The molecule has 0 spiro atoms. The van der Waals surface area contributed by atoms with E-state index in [1.165, 1.54) is 5.56 Å². The fourth-order valence-corrected chi connectivity index (χ4v) is 2.10. The molecule has 0 aliphatic carbocycles. The Morgan fingerprint density at radius 2 is 2.11 bits per heavy atom. The van der Waals surface area contributed by atoms with Gasteiger partial charge in [0.25, 0.3) is 0 Å². The van der Waals surface area contributed by atoms with Crippen molar-refractivity contribution < 1.29 is 9.47 Å². The Morgan fingerprint density at radius 1 is 1.28 bits per heavy atom. The molecule has 1 N–H and O–H groups in total. The quantitative estimate of drug-likeness (QED) is 0.709. The highest BCUT2D eigenvalue weighted by Gasteiger charge is 2.02. The van der Waals surface area contributed by atoms with Gasteiger partial charge in [0.05, 0.1) is 11.1 Å². The minimum absolute atomic E-state index is 0.757. The van der Waals surface area contributed by atoms with Crippen molar-refractivity contribution in [3.05, 3.63) is 28.2 Å². The van der Waals surface area contributed by atoms with Crippen LogP contribution in [-0.4, -0.2) is 26.9 Å². The molecule has 3 nitrogen and oxygen atoms in total. The van der Waals surface area contributed by atoms with Gasteiger partial charge in [0.2, 0.25) is 0 Å². The lowest BCUT2D eigenvalue weighted by Crippen LogP contribution is -2.16. The van der Waals surface area contributed by atoms with Crippen molar-refractivity contribution in [3.8, 4) is 5.75 Å². The highest BCUT2D eigenvalue weighted by molar-refractivity contribution is 9.10. The van der Waals surface area contributed by atoms with Crippen molar-refractivity contribution in [2.24, 2.45) is 0 Å². The summed E-state index contributed by atoms with van der Waals surface area (Å²) in [5.74, 6) is 0.917. The zero-order valence-corrected chi connectivity index (χ0v) is 12.8. The van der Waals surface area contributed by atoms with Gasteiger partial charge in [0.1, 0.15) is 5.75 Å². The van der Waals surface area contributed by atoms with Crippen LogP contribution < -0.4 is 10.1 Å². The minimum Gasteiger partial charge on any atom is -0.492 e. The van der Waals surface area contributed by atoms with E-state index in [-0.39, 0.29) is 0 Å². The van der Waals surface area contributed by atoms with Crippen LogP contribution in [0.15, 0.2) is 22.7 Å². The molecule has 0 radical (unpaired) electrons. The van der Waals surface area contributed by atoms with E-state index in [2.05, 4.69) is 40.3 Å². The van der Waals surface area contributed by atoms with Crippen LogP contribution in [0.3, 0.4) is 0 Å². The second-order valence-electron chi connectivity index (χ2n) is 4.14. The van der Waals surface area contributed by atoms with Crippen LogP contribution >= 0.6 is 15.9 Å². The van der Waals surface area contributed by atoms with Gasteiger partial charge in [-0.05, 0) is 53.0 Å². The predicted octanol–water partition coefficient (Wildman–Crippen LogP) is 3.36. The van der Waals surface area contributed by atoms with Crippen molar-refractivity contribution in [1.82, 2.24) is 5.32 Å². The lowest BCUT2D eigenvalue weighted by molar-refractivity contribution is 0.194. The molecule has 1 aromatic carbocycles. The number of ether oxygens (including phenoxy) is 2. The number of rotatable bonds is 9. The molecule has 1 rings (SSSR count). The SMILES string of the molecule is CCCOc1ccc(CNCCCOC)cc1Br. The summed E-state index contributed by atoms with van der Waals surface area (Å²) in [6.45, 7) is 5.51. The monoisotopic (exact) mass is 315 g/mol. The molecule has 0 aliphatic rings. The average Bonchev–Trinajstić information content (AvgIpc) is 2.37. The molecule has 0 heterocycles. The van der Waals surface area contributed by atoms with E-state index in [0.717, 1.165) is 49.4 Å². The lowest BCUT2D eigenvalue weighted by Gasteiger charge is -2.09. The van der Waals surface area contributed by atoms with E-state index in [9.17, 15) is 0 Å². The van der Waals surface area contributed by atoms with Crippen LogP contribution in [0, 0.1) is 0 Å². The summed E-state index contributed by atoms with van der Waals surface area (Å²) in [6.07, 6.45) is 2.06. The van der Waals surface area contributed by atoms with Gasteiger partial charge >= 0.3 is 0 Å². The standard InChI is InChI=1S/C14H22BrNO2/c1-3-8-18-14-6-5-12(10-13(14)15)11-16-7-4-9-17-2/h5-6,10,16H,3-4,7-9,11H2,1-2H3. The number of benzene rings is 1. The Kier molecular flexibility index (Phi) is 8.05. The molecule has 0 amide bonds. The van der Waals surface area contributed by atoms with Crippen molar-refractivity contribution in [3.63, 3.8) is 0 Å². The average molecular weight is 316 g/mol. The number of hydrogen-bond donors (Lipinski definition) is 1. The molecular formula is C14H22BrNO2. The zero-order valence-electron chi connectivity index (χ0n) is 11.2. The third-order valence-electron chi connectivity index (χ3n) is 2.49. The highest BCUT2D eigenvalue weighted by Crippen LogP contribution is 2.26. The van der Waals surface area contributed by atoms with E-state index in [0.29, 0.717) is 0 Å². The molecule has 0 unspecified atom stereocenters. The normalized spacial score (nSPS) is 10.6. The first-order chi connectivity index (χ1) is 8.77. The van der Waals surface area contributed by atoms with Gasteiger partial charge in [-0.25, -0.2) is 0 Å². The van der Waals surface area contributed by atoms with E-state index in [4.69, 9.17) is 9.47 Å². The van der Waals surface area contributed by atoms with Crippen LogP contribution in [0.2, 0.25) is 0 Å². The van der Waals surface area contributed by atoms with Gasteiger partial charge in [-0.15, -0.1) is 0 Å². The van der Waals surface area contributed by atoms with Gasteiger partial charge in [-0.3, -0.25) is 0 Å². The molecule has 18 heavy (non-hydrogen) atoms. The molecule has 0 aromatic heterocycles. The molecular weight excluding hydrogens is 294 g/mol. The lowest BCUT2D eigenvalue weighted by atomic mass is 10.2. The third-order valence-corrected chi connectivity index (χ3v) is 3.11. The van der Waals surface area contributed by atoms with E-state index in [1.54, 1.807) is 7.11 Å². The van der Waals surface area contributed by atoms with Gasteiger partial charge < -0.3 is 14.8 Å². The molecule has 4 heteroatoms. The second-order valence-corrected chi connectivity index (χ2v) is 4.99. The number of halogens is 1. The summed E-state index contributed by atoms with van der Waals surface area (Å²) in [5.41, 5.74) is 1.25. The molecule has 0 saturated carbocycles. The second kappa shape index (κ2) is 9.36. The molecule has 0 fully saturated rings. The van der Waals surface area contributed by atoms with E-state index >= 15 is 0 Å². The number of hydrogen-bond acceptors (Lipinski definition) is 3. The molecule has 0 bridgehead atoms. The first kappa shape index (κ1) is 15.5. The molecule has 0 saturated heterocycles. The number of methoxy groups -OCH3 is 1. The molecule has 0 atom stereocenters. The van der Waals surface area contributed by atoms with Crippen molar-refractivity contribution in [2.75, 3.05) is 26.9 Å². The summed E-state index contributed by atoms with van der Waals surface area (Å²) in [5, 5.41) is 3.38. The van der Waals surface area contributed by atoms with Crippen LogP contribution in [0.5, 0.6) is 5.75 Å². The van der Waals surface area contributed by atoms with Crippen molar-refractivity contribution >= 4 is 15.9 Å². The van der Waals surface area contributed by atoms with Crippen LogP contribution in [0.25, 0.3) is 0 Å². The summed E-state index contributed by atoms with van der Waals surface area (Å²) in [6, 6.07) is 6.22. The molecule has 102 valence electrons. The van der Waals surface area contributed by atoms with Gasteiger partial charge in [0.15, 0.2) is 0 Å². The smallest absolute Gasteiger partial charge is 0.133 e.